The lowest BCUT2D eigenvalue weighted by Gasteiger charge is -2.44. The van der Waals surface area contributed by atoms with Crippen molar-refractivity contribution in [2.75, 3.05) is 20.1 Å². The van der Waals surface area contributed by atoms with E-state index in [2.05, 4.69) is 54.9 Å². The van der Waals surface area contributed by atoms with Crippen molar-refractivity contribution in [3.05, 3.63) is 119 Å². The predicted molar refractivity (Wildman–Crippen MR) is 135 cm³/mol. The summed E-state index contributed by atoms with van der Waals surface area (Å²) in [6, 6.07) is 26.6. The van der Waals surface area contributed by atoms with Gasteiger partial charge >= 0.3 is 0 Å². The lowest BCUT2D eigenvalue weighted by atomic mass is 9.83. The van der Waals surface area contributed by atoms with E-state index in [9.17, 15) is 5.11 Å². The summed E-state index contributed by atoms with van der Waals surface area (Å²) >= 11 is 0. The van der Waals surface area contributed by atoms with Crippen LogP contribution in [0.4, 0.5) is 0 Å². The second-order valence-electron chi connectivity index (χ2n) is 8.85. The number of rotatable bonds is 9. The molecule has 4 unspecified atom stereocenters. The maximum Gasteiger partial charge on any atom is 0.184 e. The molecule has 0 bridgehead atoms. The van der Waals surface area contributed by atoms with Crippen LogP contribution in [0.2, 0.25) is 0 Å². The Balaban J connectivity index is 1.75. The van der Waals surface area contributed by atoms with E-state index in [4.69, 9.17) is 15.2 Å². The zero-order valence-corrected chi connectivity index (χ0v) is 19.7. The molecule has 1 heterocycles. The first-order chi connectivity index (χ1) is 16.6. The first kappa shape index (κ1) is 24.3. The Hall–Kier alpha value is -2.80. The Morgan fingerprint density at radius 3 is 2.15 bits per heavy atom. The molecule has 3 N–H and O–H groups in total. The van der Waals surface area contributed by atoms with Crippen LogP contribution in [0, 0.1) is 0 Å². The minimum absolute atomic E-state index is 0.00648. The molecule has 178 valence electrons. The van der Waals surface area contributed by atoms with Gasteiger partial charge in [0.25, 0.3) is 0 Å². The van der Waals surface area contributed by atoms with E-state index in [0.717, 1.165) is 35.3 Å². The van der Waals surface area contributed by atoms with Gasteiger partial charge in [-0.2, -0.15) is 0 Å². The van der Waals surface area contributed by atoms with Crippen LogP contribution in [0.25, 0.3) is 0 Å². The summed E-state index contributed by atoms with van der Waals surface area (Å²) in [5.41, 5.74) is 10.9. The molecule has 1 fully saturated rings. The van der Waals surface area contributed by atoms with Crippen LogP contribution < -0.4 is 5.73 Å². The van der Waals surface area contributed by atoms with Gasteiger partial charge in [-0.05, 0) is 29.3 Å². The molecule has 0 aromatic heterocycles. The highest BCUT2D eigenvalue weighted by Crippen LogP contribution is 2.47. The summed E-state index contributed by atoms with van der Waals surface area (Å²) < 4.78 is 13.3. The van der Waals surface area contributed by atoms with Crippen LogP contribution in [0.1, 0.15) is 46.1 Å². The molecule has 0 radical (unpaired) electrons. The van der Waals surface area contributed by atoms with E-state index in [1.165, 1.54) is 5.56 Å². The molecule has 3 aromatic rings. The van der Waals surface area contributed by atoms with Crippen molar-refractivity contribution >= 4 is 0 Å². The number of hydrogen-bond acceptors (Lipinski definition) is 5. The Kier molecular flexibility index (Phi) is 8.27. The topological polar surface area (TPSA) is 68.0 Å². The molecular formula is C29H34N2O3. The van der Waals surface area contributed by atoms with Crippen LogP contribution in [-0.2, 0) is 22.6 Å². The number of ether oxygens (including phenoxy) is 2. The molecule has 1 aliphatic rings. The highest BCUT2D eigenvalue weighted by atomic mass is 16.7. The first-order valence-corrected chi connectivity index (χ1v) is 11.8. The fourth-order valence-corrected chi connectivity index (χ4v) is 4.58. The van der Waals surface area contributed by atoms with Gasteiger partial charge in [-0.1, -0.05) is 84.9 Å². The molecule has 4 rings (SSSR count). The lowest BCUT2D eigenvalue weighted by molar-refractivity contribution is -0.263. The molecule has 0 amide bonds. The van der Waals surface area contributed by atoms with Crippen LogP contribution in [0.15, 0.2) is 91.5 Å². The van der Waals surface area contributed by atoms with Gasteiger partial charge in [-0.3, -0.25) is 0 Å². The predicted octanol–water partition coefficient (Wildman–Crippen LogP) is 4.69. The van der Waals surface area contributed by atoms with Crippen molar-refractivity contribution in [3.8, 4) is 0 Å². The zero-order chi connectivity index (χ0) is 23.9. The molecule has 34 heavy (non-hydrogen) atoms. The SMILES string of the molecule is C=CCN(C)CC1OC(c2ccc(CN)cc2)OC(c2ccc(CO)cc2)C1c1ccccc1. The third kappa shape index (κ3) is 5.63. The molecule has 5 heteroatoms. The third-order valence-electron chi connectivity index (χ3n) is 6.39. The summed E-state index contributed by atoms with van der Waals surface area (Å²) in [5.74, 6) is -0.00648. The van der Waals surface area contributed by atoms with Gasteiger partial charge in [-0.25, -0.2) is 0 Å². The van der Waals surface area contributed by atoms with Crippen LogP contribution in [-0.4, -0.2) is 36.2 Å². The number of likely N-dealkylation sites (N-methyl/N-ethyl adjacent to an activating group) is 1. The van der Waals surface area contributed by atoms with Gasteiger partial charge in [0.2, 0.25) is 0 Å². The summed E-state index contributed by atoms with van der Waals surface area (Å²) in [6.45, 7) is 5.91. The standard InChI is InChI=1S/C29H34N2O3/c1-3-17-31(2)19-26-27(23-7-5-4-6-8-23)28(24-13-11-22(20-32)12-14-24)34-29(33-26)25-15-9-21(18-30)10-16-25/h3-16,26-29,32H,1,17-20,30H2,2H3. The minimum atomic E-state index is -0.503. The van der Waals surface area contributed by atoms with Gasteiger partial charge in [0.1, 0.15) is 0 Å². The van der Waals surface area contributed by atoms with Gasteiger partial charge < -0.3 is 25.2 Å². The van der Waals surface area contributed by atoms with E-state index in [1.807, 2.05) is 48.5 Å². The molecule has 0 saturated carbocycles. The molecule has 1 aliphatic heterocycles. The van der Waals surface area contributed by atoms with Gasteiger partial charge in [-0.15, -0.1) is 6.58 Å². The summed E-state index contributed by atoms with van der Waals surface area (Å²) in [5, 5.41) is 9.52. The van der Waals surface area contributed by atoms with Crippen molar-refractivity contribution in [1.82, 2.24) is 4.90 Å². The molecule has 3 aromatic carbocycles. The molecule has 0 spiro atoms. The summed E-state index contributed by atoms with van der Waals surface area (Å²) in [4.78, 5) is 2.22. The fourth-order valence-electron chi connectivity index (χ4n) is 4.58. The lowest BCUT2D eigenvalue weighted by Crippen LogP contribution is -2.43. The second kappa shape index (κ2) is 11.6. The van der Waals surface area contributed by atoms with E-state index in [1.54, 1.807) is 0 Å². The van der Waals surface area contributed by atoms with Crippen LogP contribution in [0.5, 0.6) is 0 Å². The van der Waals surface area contributed by atoms with Gasteiger partial charge in [0.05, 0.1) is 18.8 Å². The molecule has 0 aliphatic carbocycles. The van der Waals surface area contributed by atoms with Crippen molar-refractivity contribution in [2.45, 2.75) is 37.6 Å². The third-order valence-corrected chi connectivity index (χ3v) is 6.39. The highest BCUT2D eigenvalue weighted by Gasteiger charge is 2.42. The number of benzene rings is 3. The summed E-state index contributed by atoms with van der Waals surface area (Å²) in [7, 11) is 2.08. The minimum Gasteiger partial charge on any atom is -0.392 e. The molecule has 5 nitrogen and oxygen atoms in total. The normalized spacial score (nSPS) is 22.6. The highest BCUT2D eigenvalue weighted by molar-refractivity contribution is 5.32. The van der Waals surface area contributed by atoms with Gasteiger partial charge in [0.15, 0.2) is 6.29 Å². The average Bonchev–Trinajstić information content (AvgIpc) is 2.89. The number of hydrogen-bond donors (Lipinski definition) is 2. The maximum atomic E-state index is 9.52. The summed E-state index contributed by atoms with van der Waals surface area (Å²) in [6.07, 6.45) is 1.08. The van der Waals surface area contributed by atoms with E-state index >= 15 is 0 Å². The Bertz CT molecular complexity index is 1040. The number of aliphatic hydroxyl groups is 1. The average molecular weight is 459 g/mol. The van der Waals surface area contributed by atoms with E-state index < -0.39 is 6.29 Å². The van der Waals surface area contributed by atoms with Crippen molar-refractivity contribution in [2.24, 2.45) is 5.73 Å². The number of aliphatic hydroxyl groups excluding tert-OH is 1. The van der Waals surface area contributed by atoms with E-state index in [-0.39, 0.29) is 24.7 Å². The fraction of sp³-hybridized carbons (Fsp3) is 0.310. The number of nitrogens with zero attached hydrogens (tertiary/aromatic N) is 1. The van der Waals surface area contributed by atoms with Crippen LogP contribution >= 0.6 is 0 Å². The van der Waals surface area contributed by atoms with Crippen molar-refractivity contribution in [1.29, 1.82) is 0 Å². The monoisotopic (exact) mass is 458 g/mol. The first-order valence-electron chi connectivity index (χ1n) is 11.8. The zero-order valence-electron chi connectivity index (χ0n) is 19.7. The Labute approximate surface area is 202 Å². The number of nitrogens with two attached hydrogens (primary N) is 1. The van der Waals surface area contributed by atoms with Crippen LogP contribution in [0.3, 0.4) is 0 Å². The molecule has 1 saturated heterocycles. The second-order valence-corrected chi connectivity index (χ2v) is 8.85. The quantitative estimate of drug-likeness (QED) is 0.455. The van der Waals surface area contributed by atoms with Crippen molar-refractivity contribution in [3.63, 3.8) is 0 Å². The largest absolute Gasteiger partial charge is 0.392 e. The smallest absolute Gasteiger partial charge is 0.184 e. The van der Waals surface area contributed by atoms with E-state index in [0.29, 0.717) is 6.54 Å². The Morgan fingerprint density at radius 1 is 0.882 bits per heavy atom. The molecule has 4 atom stereocenters. The Morgan fingerprint density at radius 2 is 1.53 bits per heavy atom. The maximum absolute atomic E-state index is 9.52. The van der Waals surface area contributed by atoms with Gasteiger partial charge in [0, 0.05) is 31.1 Å². The molecular weight excluding hydrogens is 424 g/mol. The van der Waals surface area contributed by atoms with Crippen molar-refractivity contribution < 1.29 is 14.6 Å².